The Bertz CT molecular complexity index is 603. The van der Waals surface area contributed by atoms with E-state index in [0.717, 1.165) is 18.7 Å². The molecule has 21 heavy (non-hydrogen) atoms. The van der Waals surface area contributed by atoms with Crippen molar-refractivity contribution in [1.82, 2.24) is 24.6 Å². The number of fused-ring (bicyclic) bond motifs is 1. The van der Waals surface area contributed by atoms with Gasteiger partial charge in [0.15, 0.2) is 0 Å². The van der Waals surface area contributed by atoms with Gasteiger partial charge in [-0.15, -0.1) is 0 Å². The molecular weight excluding hydrogens is 266 g/mol. The second kappa shape index (κ2) is 5.81. The lowest BCUT2D eigenvalue weighted by atomic mass is 10.00. The lowest BCUT2D eigenvalue weighted by molar-refractivity contribution is -0.130. The molecule has 0 saturated carbocycles. The fraction of sp³-hybridized carbons (Fsp3) is 0.533. The van der Waals surface area contributed by atoms with Crippen molar-refractivity contribution in [3.05, 3.63) is 30.4 Å². The lowest BCUT2D eigenvalue weighted by Crippen LogP contribution is -2.55. The summed E-state index contributed by atoms with van der Waals surface area (Å²) in [7, 11) is 0. The number of carbonyl (C=O) groups is 1. The zero-order valence-corrected chi connectivity index (χ0v) is 12.5. The van der Waals surface area contributed by atoms with Crippen molar-refractivity contribution in [2.24, 2.45) is 5.92 Å². The molecule has 1 aliphatic heterocycles. The van der Waals surface area contributed by atoms with Crippen LogP contribution in [0, 0.1) is 5.92 Å². The highest BCUT2D eigenvalue weighted by Gasteiger charge is 2.30. The van der Waals surface area contributed by atoms with Gasteiger partial charge in [-0.05, 0) is 18.4 Å². The van der Waals surface area contributed by atoms with Gasteiger partial charge in [0, 0.05) is 38.2 Å². The molecule has 6 nitrogen and oxygen atoms in total. The van der Waals surface area contributed by atoms with Gasteiger partial charge in [0.25, 0.3) is 0 Å². The SMILES string of the molecule is CC(C)C[C@@H]1C(=O)NCCN1Cc1cn2cccnc2n1. The number of amides is 1. The molecule has 2 aromatic rings. The van der Waals surface area contributed by atoms with Crippen LogP contribution in [0.5, 0.6) is 0 Å². The molecule has 0 aliphatic carbocycles. The summed E-state index contributed by atoms with van der Waals surface area (Å²) < 4.78 is 1.91. The fourth-order valence-electron chi connectivity index (χ4n) is 2.82. The van der Waals surface area contributed by atoms with Crippen LogP contribution in [0.2, 0.25) is 0 Å². The predicted molar refractivity (Wildman–Crippen MR) is 79.6 cm³/mol. The molecule has 1 aliphatic rings. The molecule has 1 saturated heterocycles. The molecule has 1 atom stereocenters. The van der Waals surface area contributed by atoms with Crippen LogP contribution in [0.15, 0.2) is 24.7 Å². The number of piperazine rings is 1. The standard InChI is InChI=1S/C15H21N5O/c1-11(2)8-13-14(21)16-5-7-19(13)9-12-10-20-6-3-4-17-15(20)18-12/h3-4,6,10-11,13H,5,7-9H2,1-2H3,(H,16,21)/t13-/m1/s1. The average Bonchev–Trinajstić information content (AvgIpc) is 2.84. The number of rotatable bonds is 4. The monoisotopic (exact) mass is 287 g/mol. The summed E-state index contributed by atoms with van der Waals surface area (Å²) >= 11 is 0. The van der Waals surface area contributed by atoms with Crippen LogP contribution < -0.4 is 5.32 Å². The van der Waals surface area contributed by atoms with E-state index >= 15 is 0 Å². The first-order valence-corrected chi connectivity index (χ1v) is 7.44. The Morgan fingerprint density at radius 1 is 1.48 bits per heavy atom. The van der Waals surface area contributed by atoms with Crippen molar-refractivity contribution < 1.29 is 4.79 Å². The minimum atomic E-state index is -0.0588. The average molecular weight is 287 g/mol. The van der Waals surface area contributed by atoms with Gasteiger partial charge < -0.3 is 5.32 Å². The first-order chi connectivity index (χ1) is 10.1. The Balaban J connectivity index is 1.79. The van der Waals surface area contributed by atoms with Gasteiger partial charge in [-0.25, -0.2) is 9.97 Å². The minimum absolute atomic E-state index is 0.0588. The van der Waals surface area contributed by atoms with Gasteiger partial charge in [0.2, 0.25) is 11.7 Å². The topological polar surface area (TPSA) is 62.5 Å². The van der Waals surface area contributed by atoms with Crippen molar-refractivity contribution in [3.63, 3.8) is 0 Å². The first kappa shape index (κ1) is 14.0. The van der Waals surface area contributed by atoms with Gasteiger partial charge in [0.1, 0.15) is 0 Å². The summed E-state index contributed by atoms with van der Waals surface area (Å²) in [5.74, 6) is 1.33. The van der Waals surface area contributed by atoms with E-state index in [-0.39, 0.29) is 11.9 Å². The Morgan fingerprint density at radius 2 is 2.33 bits per heavy atom. The van der Waals surface area contributed by atoms with E-state index in [4.69, 9.17) is 0 Å². The third kappa shape index (κ3) is 3.05. The van der Waals surface area contributed by atoms with Crippen LogP contribution in [0.4, 0.5) is 0 Å². The highest BCUT2D eigenvalue weighted by Crippen LogP contribution is 2.17. The van der Waals surface area contributed by atoms with Crippen LogP contribution in [-0.4, -0.2) is 44.3 Å². The fourth-order valence-corrected chi connectivity index (χ4v) is 2.82. The Hall–Kier alpha value is -1.95. The van der Waals surface area contributed by atoms with Crippen LogP contribution in [0.1, 0.15) is 26.0 Å². The minimum Gasteiger partial charge on any atom is -0.353 e. The molecule has 0 spiro atoms. The number of carbonyl (C=O) groups excluding carboxylic acids is 1. The predicted octanol–water partition coefficient (Wildman–Crippen LogP) is 1.08. The summed E-state index contributed by atoms with van der Waals surface area (Å²) in [6.45, 7) is 6.56. The van der Waals surface area contributed by atoms with Crippen molar-refractivity contribution in [2.45, 2.75) is 32.9 Å². The largest absolute Gasteiger partial charge is 0.353 e. The van der Waals surface area contributed by atoms with Crippen LogP contribution in [-0.2, 0) is 11.3 Å². The molecule has 1 N–H and O–H groups in total. The Kier molecular flexibility index (Phi) is 3.88. The van der Waals surface area contributed by atoms with Crippen LogP contribution in [0.25, 0.3) is 5.78 Å². The maximum atomic E-state index is 12.1. The normalized spacial score (nSPS) is 20.1. The lowest BCUT2D eigenvalue weighted by Gasteiger charge is -2.35. The van der Waals surface area contributed by atoms with Crippen molar-refractivity contribution in [3.8, 4) is 0 Å². The number of imidazole rings is 1. The first-order valence-electron chi connectivity index (χ1n) is 7.44. The second-order valence-electron chi connectivity index (χ2n) is 5.97. The van der Waals surface area contributed by atoms with Gasteiger partial charge in [-0.3, -0.25) is 14.1 Å². The highest BCUT2D eigenvalue weighted by molar-refractivity contribution is 5.82. The molecule has 0 bridgehead atoms. The number of hydrogen-bond donors (Lipinski definition) is 1. The van der Waals surface area contributed by atoms with Gasteiger partial charge in [-0.1, -0.05) is 13.8 Å². The van der Waals surface area contributed by atoms with E-state index in [1.165, 1.54) is 0 Å². The van der Waals surface area contributed by atoms with E-state index < -0.39 is 0 Å². The van der Waals surface area contributed by atoms with E-state index in [9.17, 15) is 4.79 Å². The molecule has 0 aromatic carbocycles. The quantitative estimate of drug-likeness (QED) is 0.914. The maximum Gasteiger partial charge on any atom is 0.237 e. The summed E-state index contributed by atoms with van der Waals surface area (Å²) in [4.78, 5) is 23.1. The molecule has 0 unspecified atom stereocenters. The smallest absolute Gasteiger partial charge is 0.237 e. The second-order valence-corrected chi connectivity index (χ2v) is 5.97. The van der Waals surface area contributed by atoms with Gasteiger partial charge >= 0.3 is 0 Å². The summed E-state index contributed by atoms with van der Waals surface area (Å²) in [5, 5.41) is 2.96. The summed E-state index contributed by atoms with van der Waals surface area (Å²) in [6, 6.07) is 1.82. The molecule has 112 valence electrons. The van der Waals surface area contributed by atoms with Crippen molar-refractivity contribution >= 4 is 11.7 Å². The van der Waals surface area contributed by atoms with Crippen molar-refractivity contribution in [2.75, 3.05) is 13.1 Å². The van der Waals surface area contributed by atoms with Crippen LogP contribution >= 0.6 is 0 Å². The van der Waals surface area contributed by atoms with Gasteiger partial charge in [0.05, 0.1) is 11.7 Å². The van der Waals surface area contributed by atoms with Crippen molar-refractivity contribution in [1.29, 1.82) is 0 Å². The van der Waals surface area contributed by atoms with Crippen LogP contribution in [0.3, 0.4) is 0 Å². The summed E-state index contributed by atoms with van der Waals surface area (Å²) in [5.41, 5.74) is 0.956. The maximum absolute atomic E-state index is 12.1. The number of nitrogens with zero attached hydrogens (tertiary/aromatic N) is 4. The van der Waals surface area contributed by atoms with E-state index in [0.29, 0.717) is 24.8 Å². The molecule has 3 rings (SSSR count). The highest BCUT2D eigenvalue weighted by atomic mass is 16.2. The Morgan fingerprint density at radius 3 is 3.10 bits per heavy atom. The molecule has 0 radical (unpaired) electrons. The zero-order valence-electron chi connectivity index (χ0n) is 12.5. The molecule has 1 amide bonds. The number of hydrogen-bond acceptors (Lipinski definition) is 4. The number of nitrogens with one attached hydrogen (secondary N) is 1. The van der Waals surface area contributed by atoms with E-state index in [1.807, 2.05) is 22.9 Å². The number of aromatic nitrogens is 3. The third-order valence-corrected chi connectivity index (χ3v) is 3.79. The molecule has 2 aromatic heterocycles. The Labute approximate surface area is 124 Å². The van der Waals surface area contributed by atoms with E-state index in [2.05, 4.69) is 34.0 Å². The third-order valence-electron chi connectivity index (χ3n) is 3.79. The molecule has 3 heterocycles. The molecule has 6 heteroatoms. The molecule has 1 fully saturated rings. The summed E-state index contributed by atoms with van der Waals surface area (Å²) in [6.07, 6.45) is 6.54. The van der Waals surface area contributed by atoms with Gasteiger partial charge in [-0.2, -0.15) is 0 Å². The molecular formula is C15H21N5O. The zero-order chi connectivity index (χ0) is 14.8. The van der Waals surface area contributed by atoms with E-state index in [1.54, 1.807) is 6.20 Å².